The summed E-state index contributed by atoms with van der Waals surface area (Å²) in [6.45, 7) is 3.03. The summed E-state index contributed by atoms with van der Waals surface area (Å²) in [7, 11) is 0. The highest BCUT2D eigenvalue weighted by atomic mass is 19.4. The van der Waals surface area contributed by atoms with Crippen molar-refractivity contribution in [1.29, 1.82) is 0 Å². The van der Waals surface area contributed by atoms with Crippen LogP contribution in [0, 0.1) is 6.92 Å². The van der Waals surface area contributed by atoms with E-state index in [2.05, 4.69) is 15.3 Å². The number of pyridine rings is 2. The smallest absolute Gasteiger partial charge is 0.356 e. The summed E-state index contributed by atoms with van der Waals surface area (Å²) in [5, 5.41) is 3.06. The first-order valence-corrected chi connectivity index (χ1v) is 10.4. The molecule has 0 unspecified atom stereocenters. The fraction of sp³-hybridized carbons (Fsp3) is 0.292. The highest BCUT2D eigenvalue weighted by Gasteiger charge is 2.31. The van der Waals surface area contributed by atoms with Crippen molar-refractivity contribution in [3.8, 4) is 11.3 Å². The van der Waals surface area contributed by atoms with Crippen LogP contribution >= 0.6 is 0 Å². The zero-order valence-corrected chi connectivity index (χ0v) is 17.6. The number of amides is 1. The van der Waals surface area contributed by atoms with Crippen molar-refractivity contribution < 1.29 is 18.0 Å². The summed E-state index contributed by atoms with van der Waals surface area (Å²) in [6.07, 6.45) is -2.17. The molecule has 1 aliphatic rings. The molecule has 0 bridgehead atoms. The molecule has 1 aromatic carbocycles. The summed E-state index contributed by atoms with van der Waals surface area (Å²) in [5.41, 5.74) is 2.25. The van der Waals surface area contributed by atoms with Crippen molar-refractivity contribution in [2.75, 3.05) is 18.0 Å². The highest BCUT2D eigenvalue weighted by Crippen LogP contribution is 2.30. The van der Waals surface area contributed by atoms with E-state index in [1.54, 1.807) is 6.07 Å². The van der Waals surface area contributed by atoms with Crippen LogP contribution in [0.1, 0.15) is 34.5 Å². The monoisotopic (exact) mass is 440 g/mol. The molecule has 1 aliphatic heterocycles. The number of hydrogen-bond acceptors (Lipinski definition) is 4. The predicted molar refractivity (Wildman–Crippen MR) is 116 cm³/mol. The van der Waals surface area contributed by atoms with Gasteiger partial charge in [0.05, 0.1) is 22.5 Å². The van der Waals surface area contributed by atoms with Gasteiger partial charge in [0.15, 0.2) is 0 Å². The van der Waals surface area contributed by atoms with Gasteiger partial charge in [-0.05, 0) is 44.0 Å². The summed E-state index contributed by atoms with van der Waals surface area (Å²) >= 11 is 0. The minimum atomic E-state index is -4.39. The van der Waals surface area contributed by atoms with Gasteiger partial charge in [0.2, 0.25) is 0 Å². The molecule has 8 heteroatoms. The van der Waals surface area contributed by atoms with Gasteiger partial charge in [0.25, 0.3) is 5.91 Å². The van der Waals surface area contributed by atoms with Crippen LogP contribution in [0.5, 0.6) is 0 Å². The van der Waals surface area contributed by atoms with E-state index in [1.165, 1.54) is 6.07 Å². The van der Waals surface area contributed by atoms with E-state index in [-0.39, 0.29) is 11.9 Å². The number of nitrogens with one attached hydrogen (secondary N) is 1. The Labute approximate surface area is 184 Å². The summed E-state index contributed by atoms with van der Waals surface area (Å²) in [4.78, 5) is 23.2. The van der Waals surface area contributed by atoms with Crippen LogP contribution in [-0.2, 0) is 6.18 Å². The lowest BCUT2D eigenvalue weighted by atomic mass is 10.0. The lowest BCUT2D eigenvalue weighted by Gasteiger charge is -2.33. The van der Waals surface area contributed by atoms with E-state index in [9.17, 15) is 18.0 Å². The van der Waals surface area contributed by atoms with Crippen molar-refractivity contribution in [2.45, 2.75) is 32.0 Å². The minimum absolute atomic E-state index is 0.0126. The number of aromatic nitrogens is 2. The van der Waals surface area contributed by atoms with Crippen LogP contribution in [0.2, 0.25) is 0 Å². The number of carbonyl (C=O) groups excluding carboxylic acids is 1. The van der Waals surface area contributed by atoms with E-state index in [0.717, 1.165) is 23.5 Å². The van der Waals surface area contributed by atoms with Gasteiger partial charge in [0.1, 0.15) is 5.82 Å². The minimum Gasteiger partial charge on any atom is -0.356 e. The van der Waals surface area contributed by atoms with Gasteiger partial charge in [-0.25, -0.2) is 4.98 Å². The topological polar surface area (TPSA) is 58.1 Å². The first-order valence-electron chi connectivity index (χ1n) is 10.4. The highest BCUT2D eigenvalue weighted by molar-refractivity contribution is 5.95. The van der Waals surface area contributed by atoms with E-state index in [0.29, 0.717) is 43.0 Å². The molecule has 3 aromatic rings. The van der Waals surface area contributed by atoms with Gasteiger partial charge in [0, 0.05) is 30.9 Å². The Morgan fingerprint density at radius 3 is 2.34 bits per heavy atom. The molecule has 2 aromatic heterocycles. The molecule has 0 spiro atoms. The Morgan fingerprint density at radius 2 is 1.75 bits per heavy atom. The van der Waals surface area contributed by atoms with Gasteiger partial charge in [-0.3, -0.25) is 9.78 Å². The Hall–Kier alpha value is -3.42. The molecule has 5 nitrogen and oxygen atoms in total. The zero-order chi connectivity index (χ0) is 22.7. The number of carbonyl (C=O) groups is 1. The number of alkyl halides is 3. The zero-order valence-electron chi connectivity index (χ0n) is 17.6. The Bertz CT molecular complexity index is 1080. The largest absolute Gasteiger partial charge is 0.417 e. The van der Waals surface area contributed by atoms with Crippen LogP contribution < -0.4 is 10.2 Å². The molecule has 3 heterocycles. The average molecular weight is 440 g/mol. The fourth-order valence-electron chi connectivity index (χ4n) is 3.83. The van der Waals surface area contributed by atoms with E-state index >= 15 is 0 Å². The van der Waals surface area contributed by atoms with Crippen LogP contribution in [0.15, 0.2) is 60.8 Å². The van der Waals surface area contributed by atoms with Gasteiger partial charge in [-0.15, -0.1) is 0 Å². The number of anilines is 1. The molecule has 0 atom stereocenters. The molecule has 4 rings (SSSR count). The Kier molecular flexibility index (Phi) is 6.12. The van der Waals surface area contributed by atoms with Gasteiger partial charge < -0.3 is 10.2 Å². The molecule has 0 aliphatic carbocycles. The molecule has 0 saturated carbocycles. The normalized spacial score (nSPS) is 14.9. The van der Waals surface area contributed by atoms with Gasteiger partial charge in [-0.1, -0.05) is 30.3 Å². The lowest BCUT2D eigenvalue weighted by molar-refractivity contribution is -0.137. The molecule has 166 valence electrons. The van der Waals surface area contributed by atoms with Crippen molar-refractivity contribution in [1.82, 2.24) is 15.3 Å². The number of rotatable bonds is 4. The molecule has 1 saturated heterocycles. The second kappa shape index (κ2) is 8.98. The van der Waals surface area contributed by atoms with E-state index < -0.39 is 11.7 Å². The second-order valence-corrected chi connectivity index (χ2v) is 7.83. The Morgan fingerprint density at radius 1 is 1.03 bits per heavy atom. The molecular formula is C24H23F3N4O. The lowest BCUT2D eigenvalue weighted by Crippen LogP contribution is -2.45. The first kappa shape index (κ1) is 21.8. The number of nitrogens with zero attached hydrogens (tertiary/aromatic N) is 3. The maximum Gasteiger partial charge on any atom is 0.417 e. The van der Waals surface area contributed by atoms with Gasteiger partial charge in [-0.2, -0.15) is 13.2 Å². The molecule has 1 fully saturated rings. The van der Waals surface area contributed by atoms with Crippen LogP contribution in [0.3, 0.4) is 0 Å². The van der Waals surface area contributed by atoms with Gasteiger partial charge >= 0.3 is 6.18 Å². The third-order valence-corrected chi connectivity index (χ3v) is 5.63. The summed E-state index contributed by atoms with van der Waals surface area (Å²) in [5.74, 6) is 0.347. The summed E-state index contributed by atoms with van der Waals surface area (Å²) < 4.78 is 38.1. The maximum atomic E-state index is 12.8. The van der Waals surface area contributed by atoms with Crippen molar-refractivity contribution >= 4 is 11.7 Å². The second-order valence-electron chi connectivity index (χ2n) is 7.83. The molecule has 32 heavy (non-hydrogen) atoms. The van der Waals surface area contributed by atoms with Crippen molar-refractivity contribution in [3.63, 3.8) is 0 Å². The number of hydrogen-bond donors (Lipinski definition) is 1. The number of halogens is 3. The molecule has 1 N–H and O–H groups in total. The third kappa shape index (κ3) is 4.90. The third-order valence-electron chi connectivity index (χ3n) is 5.63. The predicted octanol–water partition coefficient (Wildman–Crippen LogP) is 4.87. The van der Waals surface area contributed by atoms with Crippen molar-refractivity contribution in [3.05, 3.63) is 77.6 Å². The first-order chi connectivity index (χ1) is 15.3. The average Bonchev–Trinajstić information content (AvgIpc) is 2.79. The Balaban J connectivity index is 1.34. The fourth-order valence-corrected chi connectivity index (χ4v) is 3.83. The van der Waals surface area contributed by atoms with E-state index in [4.69, 9.17) is 0 Å². The molecule has 1 amide bonds. The van der Waals surface area contributed by atoms with Crippen LogP contribution in [0.4, 0.5) is 19.0 Å². The maximum absolute atomic E-state index is 12.8. The molecule has 0 radical (unpaired) electrons. The number of benzene rings is 1. The van der Waals surface area contributed by atoms with Crippen LogP contribution in [-0.4, -0.2) is 35.0 Å². The molecular weight excluding hydrogens is 417 g/mol. The SMILES string of the molecule is Cc1nc(-c2ccccc2)ccc1C(=O)NC1CCN(c2ccc(C(F)(F)F)cn2)CC1. The van der Waals surface area contributed by atoms with E-state index in [1.807, 2.05) is 48.2 Å². The quantitative estimate of drug-likeness (QED) is 0.629. The van der Waals surface area contributed by atoms with Crippen molar-refractivity contribution in [2.24, 2.45) is 0 Å². The number of aryl methyl sites for hydroxylation is 1. The summed E-state index contributed by atoms with van der Waals surface area (Å²) in [6, 6.07) is 15.8. The number of piperidine rings is 1. The standard InChI is InChI=1S/C24H23F3N4O/c1-16-20(8-9-21(29-16)17-5-3-2-4-6-17)23(32)30-19-11-13-31(14-12-19)22-10-7-18(15-28-22)24(25,26)27/h2-10,15,19H,11-14H2,1H3,(H,30,32). The van der Waals surface area contributed by atoms with Crippen LogP contribution in [0.25, 0.3) is 11.3 Å².